The summed E-state index contributed by atoms with van der Waals surface area (Å²) in [6, 6.07) is 0. The number of nitrogen functional groups attached to an aromatic ring is 1. The Kier molecular flexibility index (Phi) is 3.21. The van der Waals surface area contributed by atoms with E-state index in [0.29, 0.717) is 11.6 Å². The Morgan fingerprint density at radius 2 is 2.33 bits per heavy atom. The largest absolute Gasteiger partial charge is 0.383 e. The van der Waals surface area contributed by atoms with Gasteiger partial charge in [-0.3, -0.25) is 0 Å². The number of anilines is 1. The highest BCUT2D eigenvalue weighted by atomic mass is 127. The Bertz CT molecular complexity index is 279. The minimum atomic E-state index is -0.107. The molecule has 1 rings (SSSR count). The molecule has 4 nitrogen and oxygen atoms in total. The molecule has 0 aliphatic heterocycles. The first-order valence-electron chi connectivity index (χ1n) is 3.46. The summed E-state index contributed by atoms with van der Waals surface area (Å²) in [7, 11) is 1.61. The van der Waals surface area contributed by atoms with Gasteiger partial charge in [-0.1, -0.05) is 0 Å². The number of aromatic nitrogens is 2. The van der Waals surface area contributed by atoms with Crippen LogP contribution < -0.4 is 5.73 Å². The maximum atomic E-state index is 5.60. The van der Waals surface area contributed by atoms with Crippen molar-refractivity contribution in [3.8, 4) is 0 Å². The van der Waals surface area contributed by atoms with E-state index in [4.69, 9.17) is 10.5 Å². The maximum absolute atomic E-state index is 5.60. The Morgan fingerprint density at radius 3 is 2.83 bits per heavy atom. The number of ether oxygens (including phenoxy) is 1. The van der Waals surface area contributed by atoms with Gasteiger partial charge in [0.05, 0.1) is 3.57 Å². The molecule has 0 spiro atoms. The molecule has 2 N–H and O–H groups in total. The second-order valence-corrected chi connectivity index (χ2v) is 3.50. The van der Waals surface area contributed by atoms with E-state index in [1.807, 2.05) is 6.92 Å². The van der Waals surface area contributed by atoms with Crippen molar-refractivity contribution in [1.82, 2.24) is 9.97 Å². The molecule has 0 bridgehead atoms. The van der Waals surface area contributed by atoms with E-state index < -0.39 is 0 Å². The summed E-state index contributed by atoms with van der Waals surface area (Å²) < 4.78 is 5.91. The molecular formula is C7H10IN3O. The molecule has 1 heterocycles. The monoisotopic (exact) mass is 279 g/mol. The molecule has 1 atom stereocenters. The van der Waals surface area contributed by atoms with Crippen LogP contribution in [-0.4, -0.2) is 17.1 Å². The molecule has 1 unspecified atom stereocenters. The fourth-order valence-corrected chi connectivity index (χ4v) is 0.956. The number of hydrogen-bond donors (Lipinski definition) is 1. The third-order valence-electron chi connectivity index (χ3n) is 1.51. The van der Waals surface area contributed by atoms with Gasteiger partial charge in [0, 0.05) is 13.3 Å². The highest BCUT2D eigenvalue weighted by Crippen LogP contribution is 2.15. The second-order valence-electron chi connectivity index (χ2n) is 2.34. The lowest BCUT2D eigenvalue weighted by Crippen LogP contribution is -2.06. The first kappa shape index (κ1) is 9.66. The van der Waals surface area contributed by atoms with E-state index in [1.165, 1.54) is 0 Å². The van der Waals surface area contributed by atoms with Crippen LogP contribution >= 0.6 is 22.6 Å². The van der Waals surface area contributed by atoms with Gasteiger partial charge in [0.2, 0.25) is 0 Å². The fraction of sp³-hybridized carbons (Fsp3) is 0.429. The molecule has 12 heavy (non-hydrogen) atoms. The minimum absolute atomic E-state index is 0.107. The molecule has 66 valence electrons. The summed E-state index contributed by atoms with van der Waals surface area (Å²) in [5, 5.41) is 0. The maximum Gasteiger partial charge on any atom is 0.159 e. The average molecular weight is 279 g/mol. The van der Waals surface area contributed by atoms with E-state index in [9.17, 15) is 0 Å². The van der Waals surface area contributed by atoms with Crippen molar-refractivity contribution in [1.29, 1.82) is 0 Å². The van der Waals surface area contributed by atoms with Gasteiger partial charge in [0.15, 0.2) is 5.82 Å². The number of halogens is 1. The van der Waals surface area contributed by atoms with Crippen molar-refractivity contribution in [2.75, 3.05) is 12.8 Å². The van der Waals surface area contributed by atoms with Crippen LogP contribution in [0.2, 0.25) is 0 Å². The van der Waals surface area contributed by atoms with Crippen molar-refractivity contribution >= 4 is 28.4 Å². The van der Waals surface area contributed by atoms with E-state index in [2.05, 4.69) is 32.6 Å². The van der Waals surface area contributed by atoms with Gasteiger partial charge in [-0.15, -0.1) is 0 Å². The summed E-state index contributed by atoms with van der Waals surface area (Å²) in [6.45, 7) is 1.88. The number of hydrogen-bond acceptors (Lipinski definition) is 4. The third kappa shape index (κ3) is 2.04. The Hall–Kier alpha value is -0.430. The van der Waals surface area contributed by atoms with Crippen LogP contribution in [0.1, 0.15) is 18.9 Å². The molecule has 0 aromatic carbocycles. The molecule has 0 amide bonds. The number of methoxy groups -OCH3 is 1. The minimum Gasteiger partial charge on any atom is -0.383 e. The van der Waals surface area contributed by atoms with E-state index in [-0.39, 0.29) is 6.10 Å². The van der Waals surface area contributed by atoms with E-state index in [0.717, 1.165) is 3.57 Å². The summed E-state index contributed by atoms with van der Waals surface area (Å²) in [5.74, 6) is 1.12. The average Bonchev–Trinajstić information content (AvgIpc) is 2.08. The van der Waals surface area contributed by atoms with Crippen LogP contribution in [0, 0.1) is 3.57 Å². The van der Waals surface area contributed by atoms with Crippen molar-refractivity contribution < 1.29 is 4.74 Å². The zero-order valence-electron chi connectivity index (χ0n) is 6.91. The summed E-state index contributed by atoms with van der Waals surface area (Å²) in [6.07, 6.45) is 1.58. The van der Waals surface area contributed by atoms with Gasteiger partial charge < -0.3 is 10.5 Å². The van der Waals surface area contributed by atoms with Gasteiger partial charge in [0.25, 0.3) is 0 Å². The molecule has 0 aliphatic rings. The van der Waals surface area contributed by atoms with E-state index >= 15 is 0 Å². The molecule has 0 saturated heterocycles. The second kappa shape index (κ2) is 3.99. The van der Waals surface area contributed by atoms with Crippen LogP contribution in [-0.2, 0) is 4.74 Å². The fourth-order valence-electron chi connectivity index (χ4n) is 0.696. The number of rotatable bonds is 2. The molecule has 0 fully saturated rings. The Balaban J connectivity index is 2.96. The molecule has 0 saturated carbocycles. The zero-order valence-corrected chi connectivity index (χ0v) is 9.07. The topological polar surface area (TPSA) is 61.0 Å². The molecule has 5 heteroatoms. The van der Waals surface area contributed by atoms with E-state index in [1.54, 1.807) is 13.3 Å². The van der Waals surface area contributed by atoms with Crippen LogP contribution in [0.5, 0.6) is 0 Å². The normalized spacial score (nSPS) is 12.9. The summed E-state index contributed by atoms with van der Waals surface area (Å²) in [5.41, 5.74) is 5.60. The standard InChI is InChI=1S/C7H10IN3O/c1-4(12-2)7-10-3-5(8)6(9)11-7/h3-4H,1-2H3,(H2,9,10,11). The van der Waals surface area contributed by atoms with Crippen molar-refractivity contribution in [3.63, 3.8) is 0 Å². The van der Waals surface area contributed by atoms with Crippen LogP contribution in [0.3, 0.4) is 0 Å². The molecule has 1 aromatic heterocycles. The summed E-state index contributed by atoms with van der Waals surface area (Å²) in [4.78, 5) is 8.16. The van der Waals surface area contributed by atoms with Crippen molar-refractivity contribution in [2.24, 2.45) is 0 Å². The van der Waals surface area contributed by atoms with Gasteiger partial charge in [-0.25, -0.2) is 9.97 Å². The Labute approximate surface area is 84.7 Å². The predicted octanol–water partition coefficient (Wildman–Crippen LogP) is 1.37. The quantitative estimate of drug-likeness (QED) is 0.831. The highest BCUT2D eigenvalue weighted by Gasteiger charge is 2.08. The van der Waals surface area contributed by atoms with Gasteiger partial charge in [-0.2, -0.15) is 0 Å². The lowest BCUT2D eigenvalue weighted by atomic mass is 10.4. The summed E-state index contributed by atoms with van der Waals surface area (Å²) >= 11 is 2.09. The van der Waals surface area contributed by atoms with Crippen molar-refractivity contribution in [2.45, 2.75) is 13.0 Å². The van der Waals surface area contributed by atoms with Crippen LogP contribution in [0.4, 0.5) is 5.82 Å². The molecular weight excluding hydrogens is 269 g/mol. The Morgan fingerprint density at radius 1 is 1.67 bits per heavy atom. The molecule has 0 radical (unpaired) electrons. The van der Waals surface area contributed by atoms with Gasteiger partial charge in [0.1, 0.15) is 11.9 Å². The number of nitrogens with two attached hydrogens (primary N) is 1. The molecule has 0 aliphatic carbocycles. The molecule has 1 aromatic rings. The zero-order chi connectivity index (χ0) is 9.14. The van der Waals surface area contributed by atoms with Gasteiger partial charge >= 0.3 is 0 Å². The van der Waals surface area contributed by atoms with Crippen LogP contribution in [0.15, 0.2) is 6.20 Å². The smallest absolute Gasteiger partial charge is 0.159 e. The lowest BCUT2D eigenvalue weighted by Gasteiger charge is -2.07. The highest BCUT2D eigenvalue weighted by molar-refractivity contribution is 14.1. The van der Waals surface area contributed by atoms with Gasteiger partial charge in [-0.05, 0) is 29.5 Å². The first-order valence-corrected chi connectivity index (χ1v) is 4.53. The third-order valence-corrected chi connectivity index (χ3v) is 2.34. The lowest BCUT2D eigenvalue weighted by molar-refractivity contribution is 0.112. The number of nitrogens with zero attached hydrogens (tertiary/aromatic N) is 2. The van der Waals surface area contributed by atoms with Crippen molar-refractivity contribution in [3.05, 3.63) is 15.6 Å². The first-order chi connectivity index (χ1) is 5.65. The SMILES string of the molecule is COC(C)c1ncc(I)c(N)n1. The van der Waals surface area contributed by atoms with Crippen LogP contribution in [0.25, 0.3) is 0 Å². The predicted molar refractivity (Wildman–Crippen MR) is 54.6 cm³/mol.